The topological polar surface area (TPSA) is 49.4 Å². The second-order valence-electron chi connectivity index (χ2n) is 9.94. The Bertz CT molecular complexity index is 1520. The van der Waals surface area contributed by atoms with Crippen molar-refractivity contribution in [1.29, 1.82) is 0 Å². The lowest BCUT2D eigenvalue weighted by Crippen LogP contribution is -2.57. The molecule has 1 saturated carbocycles. The Kier molecular flexibility index (Phi) is 5.98. The molecule has 3 aromatic rings. The molecule has 2 aliphatic heterocycles. The summed E-state index contributed by atoms with van der Waals surface area (Å²) in [6.45, 7) is 0.476. The molecule has 37 heavy (non-hydrogen) atoms. The van der Waals surface area contributed by atoms with Gasteiger partial charge in [-0.3, -0.25) is 14.5 Å². The summed E-state index contributed by atoms with van der Waals surface area (Å²) in [6.07, 6.45) is 2.82. The summed E-state index contributed by atoms with van der Waals surface area (Å²) in [5.41, 5.74) is 1.43. The number of allylic oxidation sites excluding steroid dienone is 1. The number of nitrogens with one attached hydrogen (secondary N) is 1. The number of nitrogens with zero attached hydrogens (tertiary/aromatic N) is 1. The zero-order valence-electron chi connectivity index (χ0n) is 19.8. The SMILES string of the molecule is CN1CC(c2ccc(Cl)cc2Cl)C2(CC/C(=C\c3ccc(Cl)cc3Cl)C2=O)C12C(=O)Nc1ccccc12. The fraction of sp³-hybridized carbons (Fsp3) is 0.241. The Balaban J connectivity index is 1.59. The molecule has 2 spiro atoms. The van der Waals surface area contributed by atoms with Crippen LogP contribution in [-0.2, 0) is 15.1 Å². The summed E-state index contributed by atoms with van der Waals surface area (Å²) in [7, 11) is 1.91. The first-order valence-corrected chi connectivity index (χ1v) is 13.5. The van der Waals surface area contributed by atoms with Crippen molar-refractivity contribution in [3.05, 3.63) is 103 Å². The Morgan fingerprint density at radius 1 is 0.946 bits per heavy atom. The monoisotopic (exact) mass is 570 g/mol. The van der Waals surface area contributed by atoms with E-state index in [0.29, 0.717) is 50.6 Å². The average molecular weight is 572 g/mol. The maximum Gasteiger partial charge on any atom is 0.250 e. The van der Waals surface area contributed by atoms with Gasteiger partial charge in [0.1, 0.15) is 5.54 Å². The Morgan fingerprint density at radius 3 is 2.38 bits per heavy atom. The highest BCUT2D eigenvalue weighted by atomic mass is 35.5. The number of carbonyl (C=O) groups excluding carboxylic acids is 2. The van der Waals surface area contributed by atoms with Crippen molar-refractivity contribution >= 4 is 69.9 Å². The van der Waals surface area contributed by atoms with Crippen LogP contribution in [0.4, 0.5) is 5.69 Å². The van der Waals surface area contributed by atoms with Gasteiger partial charge in [0.15, 0.2) is 5.78 Å². The van der Waals surface area contributed by atoms with E-state index in [1.54, 1.807) is 30.3 Å². The van der Waals surface area contributed by atoms with Crippen LogP contribution < -0.4 is 5.32 Å². The molecule has 1 N–H and O–H groups in total. The molecule has 3 atom stereocenters. The van der Waals surface area contributed by atoms with Gasteiger partial charge in [0.25, 0.3) is 5.91 Å². The van der Waals surface area contributed by atoms with E-state index in [4.69, 9.17) is 46.4 Å². The van der Waals surface area contributed by atoms with Crippen molar-refractivity contribution < 1.29 is 9.59 Å². The Morgan fingerprint density at radius 2 is 1.65 bits per heavy atom. The van der Waals surface area contributed by atoms with Crippen LogP contribution in [0.5, 0.6) is 0 Å². The highest BCUT2D eigenvalue weighted by Gasteiger charge is 2.74. The van der Waals surface area contributed by atoms with Crippen molar-refractivity contribution in [2.45, 2.75) is 24.3 Å². The lowest BCUT2D eigenvalue weighted by molar-refractivity contribution is -0.141. The predicted octanol–water partition coefficient (Wildman–Crippen LogP) is 7.61. The molecule has 1 amide bonds. The van der Waals surface area contributed by atoms with E-state index in [2.05, 4.69) is 5.32 Å². The summed E-state index contributed by atoms with van der Waals surface area (Å²) < 4.78 is 0. The number of amides is 1. The number of likely N-dealkylation sites (tertiary alicyclic amines) is 1. The second-order valence-corrected chi connectivity index (χ2v) is 11.6. The van der Waals surface area contributed by atoms with E-state index in [1.807, 2.05) is 48.4 Å². The third kappa shape index (κ3) is 3.40. The van der Waals surface area contributed by atoms with Crippen LogP contribution in [0.15, 0.2) is 66.2 Å². The van der Waals surface area contributed by atoms with Crippen LogP contribution in [0.3, 0.4) is 0 Å². The Hall–Kier alpha value is -2.34. The normalized spacial score (nSPS) is 28.0. The van der Waals surface area contributed by atoms with Crippen LogP contribution in [0.2, 0.25) is 20.1 Å². The number of Topliss-reactive ketones (excluding diaryl/α,β-unsaturated/α-hetero) is 1. The van der Waals surface area contributed by atoms with Crippen molar-refractivity contribution in [1.82, 2.24) is 4.90 Å². The zero-order chi connectivity index (χ0) is 26.1. The summed E-state index contributed by atoms with van der Waals surface area (Å²) in [4.78, 5) is 30.8. The largest absolute Gasteiger partial charge is 0.324 e. The fourth-order valence-corrected chi connectivity index (χ4v) is 7.84. The van der Waals surface area contributed by atoms with Gasteiger partial charge in [-0.25, -0.2) is 0 Å². The van der Waals surface area contributed by atoms with E-state index in [1.165, 1.54) is 0 Å². The molecule has 3 unspecified atom stereocenters. The van der Waals surface area contributed by atoms with Gasteiger partial charge in [0, 0.05) is 43.8 Å². The first kappa shape index (κ1) is 25.0. The second kappa shape index (κ2) is 8.86. The minimum Gasteiger partial charge on any atom is -0.324 e. The third-order valence-corrected chi connectivity index (χ3v) is 9.40. The van der Waals surface area contributed by atoms with Crippen LogP contribution in [0, 0.1) is 5.41 Å². The lowest BCUT2D eigenvalue weighted by atomic mass is 9.59. The molecule has 8 heteroatoms. The first-order chi connectivity index (χ1) is 17.7. The molecule has 2 fully saturated rings. The third-order valence-electron chi connectivity index (χ3n) is 8.28. The summed E-state index contributed by atoms with van der Waals surface area (Å²) in [5, 5.41) is 5.06. The number of para-hydroxylation sites is 1. The number of ketones is 1. The van der Waals surface area contributed by atoms with Gasteiger partial charge in [-0.15, -0.1) is 0 Å². The average Bonchev–Trinajstić information content (AvgIpc) is 3.43. The molecule has 1 aliphatic carbocycles. The van der Waals surface area contributed by atoms with E-state index >= 15 is 0 Å². The van der Waals surface area contributed by atoms with Gasteiger partial charge in [0.2, 0.25) is 0 Å². The van der Waals surface area contributed by atoms with Crippen molar-refractivity contribution in [2.24, 2.45) is 5.41 Å². The van der Waals surface area contributed by atoms with Gasteiger partial charge >= 0.3 is 0 Å². The number of anilines is 1. The molecule has 3 aliphatic rings. The molecule has 3 aromatic carbocycles. The molecule has 0 bridgehead atoms. The lowest BCUT2D eigenvalue weighted by Gasteiger charge is -2.43. The highest BCUT2D eigenvalue weighted by molar-refractivity contribution is 6.36. The van der Waals surface area contributed by atoms with Gasteiger partial charge in [-0.1, -0.05) is 76.7 Å². The maximum atomic E-state index is 14.7. The number of rotatable bonds is 2. The molecule has 6 rings (SSSR count). The minimum atomic E-state index is -1.19. The van der Waals surface area contributed by atoms with E-state index < -0.39 is 11.0 Å². The molecule has 188 valence electrons. The van der Waals surface area contributed by atoms with Gasteiger partial charge in [-0.05, 0) is 73.0 Å². The van der Waals surface area contributed by atoms with Crippen LogP contribution in [0.1, 0.15) is 35.4 Å². The van der Waals surface area contributed by atoms with Gasteiger partial charge in [0.05, 0.1) is 5.41 Å². The van der Waals surface area contributed by atoms with Crippen molar-refractivity contribution in [2.75, 3.05) is 18.9 Å². The number of likely N-dealkylation sites (N-methyl/N-ethyl adjacent to an activating group) is 1. The number of halogens is 4. The number of benzene rings is 3. The molecule has 2 heterocycles. The summed E-state index contributed by atoms with van der Waals surface area (Å²) in [5.74, 6) is -0.591. The smallest absolute Gasteiger partial charge is 0.250 e. The molecular weight excluding hydrogens is 550 g/mol. The molecule has 0 aromatic heterocycles. The van der Waals surface area contributed by atoms with E-state index in [9.17, 15) is 9.59 Å². The summed E-state index contributed by atoms with van der Waals surface area (Å²) >= 11 is 25.5. The number of carbonyl (C=O) groups is 2. The minimum absolute atomic E-state index is 0.0641. The zero-order valence-corrected chi connectivity index (χ0v) is 22.8. The van der Waals surface area contributed by atoms with E-state index in [0.717, 1.165) is 16.8 Å². The van der Waals surface area contributed by atoms with Crippen molar-refractivity contribution in [3.63, 3.8) is 0 Å². The quantitative estimate of drug-likeness (QED) is 0.322. The molecule has 1 saturated heterocycles. The number of hydrogen-bond acceptors (Lipinski definition) is 3. The fourth-order valence-electron chi connectivity index (χ4n) is 6.84. The van der Waals surface area contributed by atoms with Crippen LogP contribution >= 0.6 is 46.4 Å². The highest BCUT2D eigenvalue weighted by Crippen LogP contribution is 2.67. The Labute approximate surface area is 235 Å². The number of fused-ring (bicyclic) bond motifs is 3. The van der Waals surface area contributed by atoms with Crippen molar-refractivity contribution in [3.8, 4) is 0 Å². The predicted molar refractivity (Wildman–Crippen MR) is 150 cm³/mol. The molecular formula is C29H22Cl4N2O2. The molecule has 0 radical (unpaired) electrons. The van der Waals surface area contributed by atoms with Gasteiger partial charge < -0.3 is 5.32 Å². The van der Waals surface area contributed by atoms with E-state index in [-0.39, 0.29) is 17.6 Å². The molecule has 4 nitrogen and oxygen atoms in total. The van der Waals surface area contributed by atoms with Crippen LogP contribution in [-0.4, -0.2) is 30.2 Å². The first-order valence-electron chi connectivity index (χ1n) is 12.0. The number of hydrogen-bond donors (Lipinski definition) is 1. The summed E-state index contributed by atoms with van der Waals surface area (Å²) in [6, 6.07) is 18.2. The maximum absolute atomic E-state index is 14.7. The van der Waals surface area contributed by atoms with Gasteiger partial charge in [-0.2, -0.15) is 0 Å². The van der Waals surface area contributed by atoms with Crippen LogP contribution in [0.25, 0.3) is 6.08 Å². The standard InChI is InChI=1S/C29H22Cl4N2O2/c1-35-15-22(20-9-8-19(31)14-24(20)33)28(29(35)21-4-2-3-5-25(21)34-27(29)37)11-10-17(26(28)36)12-16-6-7-18(30)13-23(16)32/h2-9,12-14,22H,10-11,15H2,1H3,(H,34,37)/b17-12+.